The van der Waals surface area contributed by atoms with Gasteiger partial charge in [-0.15, -0.1) is 0 Å². The maximum Gasteiger partial charge on any atom is 0.410 e. The summed E-state index contributed by atoms with van der Waals surface area (Å²) in [5.74, 6) is -0.672. The van der Waals surface area contributed by atoms with Gasteiger partial charge in [-0.3, -0.25) is 9.69 Å². The summed E-state index contributed by atoms with van der Waals surface area (Å²) in [7, 11) is 0. The molecule has 1 saturated heterocycles. The normalized spacial score (nSPS) is 16.9. The van der Waals surface area contributed by atoms with E-state index in [0.29, 0.717) is 30.8 Å². The van der Waals surface area contributed by atoms with E-state index in [4.69, 9.17) is 9.47 Å². The van der Waals surface area contributed by atoms with Crippen LogP contribution in [0.2, 0.25) is 0 Å². The molecule has 1 heterocycles. The number of anilines is 1. The molecular weight excluding hydrogens is 336 g/mol. The van der Waals surface area contributed by atoms with E-state index >= 15 is 0 Å². The topological polar surface area (TPSA) is 84.9 Å². The molecule has 7 heteroatoms. The molecule has 1 unspecified atom stereocenters. The van der Waals surface area contributed by atoms with Crippen LogP contribution >= 0.6 is 0 Å². The Balaban J connectivity index is 2.00. The van der Waals surface area contributed by atoms with E-state index in [1.165, 1.54) is 4.90 Å². The first-order chi connectivity index (χ1) is 12.2. The molecule has 7 nitrogen and oxygen atoms in total. The third-order valence-corrected chi connectivity index (χ3v) is 3.85. The highest BCUT2D eigenvalue weighted by Crippen LogP contribution is 2.22. The first-order valence-electron chi connectivity index (χ1n) is 8.79. The van der Waals surface area contributed by atoms with Gasteiger partial charge in [0.1, 0.15) is 11.6 Å². The van der Waals surface area contributed by atoms with Crippen LogP contribution in [0, 0.1) is 0 Å². The fourth-order valence-corrected chi connectivity index (χ4v) is 2.71. The van der Waals surface area contributed by atoms with Gasteiger partial charge >= 0.3 is 12.1 Å². The molecule has 0 saturated carbocycles. The maximum atomic E-state index is 12.6. The zero-order valence-electron chi connectivity index (χ0n) is 15.7. The lowest BCUT2D eigenvalue weighted by atomic mass is 10.1. The molecule has 2 amide bonds. The average molecular weight is 362 g/mol. The van der Waals surface area contributed by atoms with Crippen molar-refractivity contribution in [3.63, 3.8) is 0 Å². The van der Waals surface area contributed by atoms with Crippen molar-refractivity contribution in [2.24, 2.45) is 0 Å². The number of nitrogens with one attached hydrogen (secondary N) is 1. The lowest BCUT2D eigenvalue weighted by Gasteiger charge is -2.28. The number of benzene rings is 1. The smallest absolute Gasteiger partial charge is 0.410 e. The molecule has 1 atom stereocenters. The minimum Gasteiger partial charge on any atom is -0.462 e. The molecule has 26 heavy (non-hydrogen) atoms. The molecule has 142 valence electrons. The molecule has 1 aromatic carbocycles. The SMILES string of the molecule is CCOC(=O)c1ccc(NC(=O)C2CCCN2C(=O)OC(C)(C)C)cc1. The van der Waals surface area contributed by atoms with Crippen molar-refractivity contribution in [1.82, 2.24) is 4.90 Å². The molecule has 0 radical (unpaired) electrons. The summed E-state index contributed by atoms with van der Waals surface area (Å²) in [4.78, 5) is 38.0. The molecule has 0 aromatic heterocycles. The van der Waals surface area contributed by atoms with Crippen LogP contribution in [0.25, 0.3) is 0 Å². The fraction of sp³-hybridized carbons (Fsp3) is 0.526. The Morgan fingerprint density at radius 1 is 1.19 bits per heavy atom. The Kier molecular flexibility index (Phi) is 6.23. The van der Waals surface area contributed by atoms with E-state index in [-0.39, 0.29) is 5.91 Å². The summed E-state index contributed by atoms with van der Waals surface area (Å²) in [5, 5.41) is 2.79. The van der Waals surface area contributed by atoms with Crippen molar-refractivity contribution in [2.75, 3.05) is 18.5 Å². The Morgan fingerprint density at radius 2 is 1.85 bits per heavy atom. The number of rotatable bonds is 4. The van der Waals surface area contributed by atoms with Crippen molar-refractivity contribution >= 4 is 23.7 Å². The third-order valence-electron chi connectivity index (χ3n) is 3.85. The molecule has 0 bridgehead atoms. The summed E-state index contributed by atoms with van der Waals surface area (Å²) in [6.07, 6.45) is 0.860. The third kappa shape index (κ3) is 5.21. The lowest BCUT2D eigenvalue weighted by Crippen LogP contribution is -2.45. The molecule has 1 aliphatic heterocycles. The number of carbonyl (C=O) groups is 3. The highest BCUT2D eigenvalue weighted by molar-refractivity contribution is 5.97. The van der Waals surface area contributed by atoms with Gasteiger partial charge in [-0.05, 0) is 64.8 Å². The Labute approximate surface area is 153 Å². The van der Waals surface area contributed by atoms with Gasteiger partial charge in [0, 0.05) is 12.2 Å². The highest BCUT2D eigenvalue weighted by atomic mass is 16.6. The van der Waals surface area contributed by atoms with Gasteiger partial charge in [0.2, 0.25) is 5.91 Å². The highest BCUT2D eigenvalue weighted by Gasteiger charge is 2.36. The van der Waals surface area contributed by atoms with E-state index in [9.17, 15) is 14.4 Å². The summed E-state index contributed by atoms with van der Waals surface area (Å²) >= 11 is 0. The summed E-state index contributed by atoms with van der Waals surface area (Å²) < 4.78 is 10.3. The molecular formula is C19H26N2O5. The second kappa shape index (κ2) is 8.21. The quantitative estimate of drug-likeness (QED) is 0.832. The van der Waals surface area contributed by atoms with Gasteiger partial charge < -0.3 is 14.8 Å². The second-order valence-electron chi connectivity index (χ2n) is 7.12. The molecule has 1 N–H and O–H groups in total. The van der Waals surface area contributed by atoms with Gasteiger partial charge in [0.25, 0.3) is 0 Å². The van der Waals surface area contributed by atoms with E-state index in [1.54, 1.807) is 52.0 Å². The number of amides is 2. The van der Waals surface area contributed by atoms with E-state index in [2.05, 4.69) is 5.32 Å². The predicted molar refractivity (Wildman–Crippen MR) is 97.0 cm³/mol. The molecule has 1 aromatic rings. The fourth-order valence-electron chi connectivity index (χ4n) is 2.71. The van der Waals surface area contributed by atoms with Crippen LogP contribution in [-0.4, -0.2) is 47.7 Å². The summed E-state index contributed by atoms with van der Waals surface area (Å²) in [6.45, 7) is 7.92. The van der Waals surface area contributed by atoms with E-state index in [0.717, 1.165) is 6.42 Å². The number of esters is 1. The van der Waals surface area contributed by atoms with Crippen molar-refractivity contribution in [3.05, 3.63) is 29.8 Å². The van der Waals surface area contributed by atoms with Crippen LogP contribution in [0.1, 0.15) is 50.9 Å². The largest absolute Gasteiger partial charge is 0.462 e. The minimum atomic E-state index is -0.608. The maximum absolute atomic E-state index is 12.6. The van der Waals surface area contributed by atoms with Gasteiger partial charge in [-0.25, -0.2) is 9.59 Å². The van der Waals surface area contributed by atoms with Crippen LogP contribution in [0.3, 0.4) is 0 Å². The molecule has 2 rings (SSSR count). The van der Waals surface area contributed by atoms with Crippen molar-refractivity contribution in [3.8, 4) is 0 Å². The number of hydrogen-bond donors (Lipinski definition) is 1. The van der Waals surface area contributed by atoms with Gasteiger partial charge in [0.05, 0.1) is 12.2 Å². The Bertz CT molecular complexity index is 664. The lowest BCUT2D eigenvalue weighted by molar-refractivity contribution is -0.120. The van der Waals surface area contributed by atoms with Crippen molar-refractivity contribution in [1.29, 1.82) is 0 Å². The van der Waals surface area contributed by atoms with Crippen molar-refractivity contribution < 1.29 is 23.9 Å². The average Bonchev–Trinajstić information content (AvgIpc) is 3.04. The molecule has 1 aliphatic rings. The number of likely N-dealkylation sites (tertiary alicyclic amines) is 1. The monoisotopic (exact) mass is 362 g/mol. The van der Waals surface area contributed by atoms with Crippen LogP contribution in [0.5, 0.6) is 0 Å². The van der Waals surface area contributed by atoms with Crippen LogP contribution in [0.15, 0.2) is 24.3 Å². The summed E-state index contributed by atoms with van der Waals surface area (Å²) in [5.41, 5.74) is 0.365. The zero-order valence-corrected chi connectivity index (χ0v) is 15.7. The van der Waals surface area contributed by atoms with Crippen LogP contribution in [0.4, 0.5) is 10.5 Å². The van der Waals surface area contributed by atoms with Crippen LogP contribution < -0.4 is 5.32 Å². The Hall–Kier alpha value is -2.57. The summed E-state index contributed by atoms with van der Waals surface area (Å²) in [6, 6.07) is 5.89. The molecule has 1 fully saturated rings. The zero-order chi connectivity index (χ0) is 19.3. The predicted octanol–water partition coefficient (Wildman–Crippen LogP) is 3.20. The first kappa shape index (κ1) is 19.8. The molecule has 0 aliphatic carbocycles. The van der Waals surface area contributed by atoms with Crippen molar-refractivity contribution in [2.45, 2.75) is 52.2 Å². The number of ether oxygens (including phenoxy) is 2. The number of hydrogen-bond acceptors (Lipinski definition) is 5. The first-order valence-corrected chi connectivity index (χ1v) is 8.79. The van der Waals surface area contributed by atoms with E-state index in [1.807, 2.05) is 0 Å². The standard InChI is InChI=1S/C19H26N2O5/c1-5-25-17(23)13-8-10-14(11-9-13)20-16(22)15-7-6-12-21(15)18(24)26-19(2,3)4/h8-11,15H,5-7,12H2,1-4H3,(H,20,22). The minimum absolute atomic E-state index is 0.266. The van der Waals surface area contributed by atoms with Crippen LogP contribution in [-0.2, 0) is 14.3 Å². The Morgan fingerprint density at radius 3 is 2.42 bits per heavy atom. The van der Waals surface area contributed by atoms with Gasteiger partial charge in [-0.2, -0.15) is 0 Å². The molecule has 0 spiro atoms. The van der Waals surface area contributed by atoms with Gasteiger partial charge in [-0.1, -0.05) is 0 Å². The van der Waals surface area contributed by atoms with E-state index < -0.39 is 23.7 Å². The van der Waals surface area contributed by atoms with Gasteiger partial charge in [0.15, 0.2) is 0 Å². The number of carbonyl (C=O) groups excluding carboxylic acids is 3. The second-order valence-corrected chi connectivity index (χ2v) is 7.12. The number of nitrogens with zero attached hydrogens (tertiary/aromatic N) is 1.